The van der Waals surface area contributed by atoms with Gasteiger partial charge in [0.05, 0.1) is 37.7 Å². The van der Waals surface area contributed by atoms with Crippen molar-refractivity contribution in [2.75, 3.05) is 18.9 Å². The second-order valence-corrected chi connectivity index (χ2v) is 8.11. The third-order valence-electron chi connectivity index (χ3n) is 5.70. The fraction of sp³-hybridized carbons (Fsp3) is 0.579. The predicted molar refractivity (Wildman–Crippen MR) is 121 cm³/mol. The number of aromatic amines is 1. The van der Waals surface area contributed by atoms with Crippen LogP contribution in [0.4, 0.5) is 5.82 Å². The SMILES string of the molecule is Cc1cn([C@H]2C[C@H](N=[N+]=[N-])[C@@H](CO)O2)c(=O)[nH]c1=O.Nc1nc(=O)n([C@H]2C[C@H](O)[C@@H](CO)O2)cc1O. The van der Waals surface area contributed by atoms with Crippen molar-refractivity contribution in [3.63, 3.8) is 0 Å². The third kappa shape index (κ3) is 5.73. The molecule has 0 amide bonds. The largest absolute Gasteiger partial charge is 0.503 e. The number of nitrogens with two attached hydrogens (primary N) is 1. The van der Waals surface area contributed by atoms with Gasteiger partial charge in [0.25, 0.3) is 5.56 Å². The number of anilines is 1. The summed E-state index contributed by atoms with van der Waals surface area (Å²) in [6.07, 6.45) is -0.815. The highest BCUT2D eigenvalue weighted by molar-refractivity contribution is 5.41. The first-order chi connectivity index (χ1) is 17.1. The normalized spacial score (nSPS) is 27.2. The quantitative estimate of drug-likeness (QED) is 0.145. The van der Waals surface area contributed by atoms with Crippen LogP contribution in [0.1, 0.15) is 30.9 Å². The Kier molecular flexibility index (Phi) is 8.46. The first-order valence-corrected chi connectivity index (χ1v) is 10.7. The molecule has 2 aromatic heterocycles. The summed E-state index contributed by atoms with van der Waals surface area (Å²) in [5.41, 5.74) is 12.3. The van der Waals surface area contributed by atoms with Crippen molar-refractivity contribution < 1.29 is 29.9 Å². The summed E-state index contributed by atoms with van der Waals surface area (Å²) in [6, 6.07) is -0.542. The van der Waals surface area contributed by atoms with Crippen LogP contribution in [0.3, 0.4) is 0 Å². The molecule has 196 valence electrons. The molecule has 0 unspecified atom stereocenters. The van der Waals surface area contributed by atoms with E-state index in [-0.39, 0.29) is 37.6 Å². The van der Waals surface area contributed by atoms with E-state index in [4.69, 9.17) is 31.0 Å². The lowest BCUT2D eigenvalue weighted by Gasteiger charge is -2.14. The van der Waals surface area contributed by atoms with Crippen LogP contribution in [0, 0.1) is 6.92 Å². The van der Waals surface area contributed by atoms with Crippen LogP contribution in [0.5, 0.6) is 5.75 Å². The highest BCUT2D eigenvalue weighted by Gasteiger charge is 2.36. The molecular weight excluding hydrogens is 484 g/mol. The second kappa shape index (κ2) is 11.3. The molecule has 0 radical (unpaired) electrons. The number of aliphatic hydroxyl groups excluding tert-OH is 3. The number of nitrogen functional groups attached to an aromatic ring is 1. The minimum absolute atomic E-state index is 0.135. The zero-order valence-corrected chi connectivity index (χ0v) is 19.0. The second-order valence-electron chi connectivity index (χ2n) is 8.11. The molecule has 0 aromatic carbocycles. The number of nitrogens with one attached hydrogen (secondary N) is 1. The van der Waals surface area contributed by atoms with Crippen molar-refractivity contribution in [1.29, 1.82) is 0 Å². The smallest absolute Gasteiger partial charge is 0.351 e. The maximum absolute atomic E-state index is 11.7. The number of aryl methyl sites for hydroxylation is 1. The van der Waals surface area contributed by atoms with Crippen molar-refractivity contribution in [3.05, 3.63) is 59.7 Å². The molecule has 0 spiro atoms. The van der Waals surface area contributed by atoms with Crippen LogP contribution in [0.2, 0.25) is 0 Å². The summed E-state index contributed by atoms with van der Waals surface area (Å²) in [5.74, 6) is -0.598. The monoisotopic (exact) mass is 510 g/mol. The number of azide groups is 1. The molecule has 0 aliphatic carbocycles. The zero-order valence-electron chi connectivity index (χ0n) is 19.0. The third-order valence-corrected chi connectivity index (χ3v) is 5.70. The number of hydrogen-bond acceptors (Lipinski definition) is 12. The summed E-state index contributed by atoms with van der Waals surface area (Å²) in [5, 5.41) is 40.5. The average molecular weight is 510 g/mol. The van der Waals surface area contributed by atoms with Gasteiger partial charge in [0.2, 0.25) is 0 Å². The number of ether oxygens (including phenoxy) is 2. The van der Waals surface area contributed by atoms with Crippen LogP contribution < -0.4 is 22.7 Å². The Bertz CT molecular complexity index is 1300. The minimum atomic E-state index is -0.864. The van der Waals surface area contributed by atoms with E-state index in [1.807, 2.05) is 0 Å². The molecule has 2 fully saturated rings. The Labute approximate surface area is 201 Å². The first kappa shape index (κ1) is 26.9. The first-order valence-electron chi connectivity index (χ1n) is 10.7. The number of aromatic nitrogens is 4. The Morgan fingerprint density at radius 1 is 1.17 bits per heavy atom. The Balaban J connectivity index is 0.000000202. The van der Waals surface area contributed by atoms with Gasteiger partial charge >= 0.3 is 11.4 Å². The van der Waals surface area contributed by atoms with Gasteiger partial charge in [0.15, 0.2) is 11.6 Å². The zero-order chi connectivity index (χ0) is 26.6. The van der Waals surface area contributed by atoms with Gasteiger partial charge in [-0.3, -0.25) is 18.9 Å². The van der Waals surface area contributed by atoms with Crippen molar-refractivity contribution in [2.24, 2.45) is 5.11 Å². The molecule has 36 heavy (non-hydrogen) atoms. The van der Waals surface area contributed by atoms with Gasteiger partial charge in [0.1, 0.15) is 18.6 Å². The number of nitrogens with zero attached hydrogens (tertiary/aromatic N) is 6. The average Bonchev–Trinajstić information content (AvgIpc) is 3.42. The van der Waals surface area contributed by atoms with Crippen molar-refractivity contribution in [3.8, 4) is 5.75 Å². The number of aromatic hydroxyl groups is 1. The lowest BCUT2D eigenvalue weighted by molar-refractivity contribution is -0.0460. The van der Waals surface area contributed by atoms with Crippen molar-refractivity contribution in [1.82, 2.24) is 19.1 Å². The molecule has 2 aliphatic heterocycles. The van der Waals surface area contributed by atoms with Gasteiger partial charge in [-0.05, 0) is 12.5 Å². The number of hydrogen-bond donors (Lipinski definition) is 6. The van der Waals surface area contributed by atoms with E-state index < -0.39 is 53.7 Å². The summed E-state index contributed by atoms with van der Waals surface area (Å²) < 4.78 is 13.0. The maximum Gasteiger partial charge on any atom is 0.351 e. The van der Waals surface area contributed by atoms with Crippen LogP contribution >= 0.6 is 0 Å². The number of aliphatic hydroxyl groups is 3. The van der Waals surface area contributed by atoms with Crippen LogP contribution in [0.25, 0.3) is 10.4 Å². The fourth-order valence-corrected chi connectivity index (χ4v) is 3.77. The molecule has 17 nitrogen and oxygen atoms in total. The number of H-pyrrole nitrogens is 1. The topological polar surface area (TPSA) is 264 Å². The fourth-order valence-electron chi connectivity index (χ4n) is 3.77. The van der Waals surface area contributed by atoms with Gasteiger partial charge in [0, 0.05) is 29.5 Å². The van der Waals surface area contributed by atoms with E-state index in [0.29, 0.717) is 5.56 Å². The Morgan fingerprint density at radius 3 is 2.42 bits per heavy atom. The van der Waals surface area contributed by atoms with E-state index in [1.165, 1.54) is 10.8 Å². The molecule has 4 heterocycles. The predicted octanol–water partition coefficient (Wildman–Crippen LogP) is -2.02. The molecule has 7 N–H and O–H groups in total. The Morgan fingerprint density at radius 2 is 1.81 bits per heavy atom. The van der Waals surface area contributed by atoms with E-state index >= 15 is 0 Å². The lowest BCUT2D eigenvalue weighted by Crippen LogP contribution is -2.33. The molecule has 17 heteroatoms. The maximum atomic E-state index is 11.7. The molecule has 2 saturated heterocycles. The summed E-state index contributed by atoms with van der Waals surface area (Å²) in [6.45, 7) is 0.913. The molecule has 0 bridgehead atoms. The molecule has 4 rings (SSSR count). The van der Waals surface area contributed by atoms with E-state index in [9.17, 15) is 24.6 Å². The van der Waals surface area contributed by atoms with E-state index in [1.54, 1.807) is 6.92 Å². The summed E-state index contributed by atoms with van der Waals surface area (Å²) in [7, 11) is 0. The van der Waals surface area contributed by atoms with Crippen molar-refractivity contribution >= 4 is 5.82 Å². The molecule has 0 saturated carbocycles. The van der Waals surface area contributed by atoms with Gasteiger partial charge < -0.3 is 35.6 Å². The minimum Gasteiger partial charge on any atom is -0.503 e. The molecule has 6 atom stereocenters. The van der Waals surface area contributed by atoms with Gasteiger partial charge in [-0.25, -0.2) is 9.59 Å². The van der Waals surface area contributed by atoms with Gasteiger partial charge in [-0.2, -0.15) is 4.98 Å². The molecular formula is C19H26N8O9. The summed E-state index contributed by atoms with van der Waals surface area (Å²) >= 11 is 0. The summed E-state index contributed by atoms with van der Waals surface area (Å²) in [4.78, 5) is 42.8. The molecule has 2 aromatic rings. The van der Waals surface area contributed by atoms with Crippen LogP contribution in [-0.2, 0) is 9.47 Å². The molecule has 2 aliphatic rings. The van der Waals surface area contributed by atoms with Crippen LogP contribution in [0.15, 0.2) is 31.9 Å². The van der Waals surface area contributed by atoms with Crippen molar-refractivity contribution in [2.45, 2.75) is 56.6 Å². The van der Waals surface area contributed by atoms with E-state index in [2.05, 4.69) is 20.0 Å². The Hall–Kier alpha value is -3.73. The van der Waals surface area contributed by atoms with Crippen LogP contribution in [-0.4, -0.2) is 77.1 Å². The van der Waals surface area contributed by atoms with Gasteiger partial charge in [-0.15, -0.1) is 0 Å². The highest BCUT2D eigenvalue weighted by atomic mass is 16.5. The van der Waals surface area contributed by atoms with Gasteiger partial charge in [-0.1, -0.05) is 5.11 Å². The standard InChI is InChI=1S/C10H13N5O4.C9H13N3O5/c1-5-3-15(10(18)12-9(5)17)8-2-6(13-14-11)7(4-16)19-8;10-8-5(15)2-12(9(16)11-8)7-1-4(14)6(3-13)17-7/h3,6-8,16H,2,4H2,1H3,(H,12,17,18);2,4,6-7,13-15H,1,3H2,(H2,10,11,16)/t6-,7+,8+;4-,6+,7+/m00/s1. The lowest BCUT2D eigenvalue weighted by atomic mass is 10.1. The number of rotatable bonds is 5. The van der Waals surface area contributed by atoms with E-state index in [0.717, 1.165) is 10.8 Å². The highest BCUT2D eigenvalue weighted by Crippen LogP contribution is 2.30.